The number of ether oxygens (including phenoxy) is 1. The number of benzene rings is 1. The summed E-state index contributed by atoms with van der Waals surface area (Å²) >= 11 is 0. The van der Waals surface area contributed by atoms with E-state index in [0.717, 1.165) is 6.07 Å². The molecule has 0 aliphatic heterocycles. The maximum atomic E-state index is 12.5. The van der Waals surface area contributed by atoms with Crippen LogP contribution in [0.4, 0.5) is 5.69 Å². The predicted octanol–water partition coefficient (Wildman–Crippen LogP) is 1.52. The molecular weight excluding hydrogens is 308 g/mol. The van der Waals surface area contributed by atoms with Crippen molar-refractivity contribution < 1.29 is 23.1 Å². The van der Waals surface area contributed by atoms with Crippen molar-refractivity contribution in [1.29, 1.82) is 0 Å². The van der Waals surface area contributed by atoms with Crippen LogP contribution in [-0.4, -0.2) is 45.8 Å². The number of aromatic carboxylic acids is 1. The second kappa shape index (κ2) is 8.11. The van der Waals surface area contributed by atoms with Crippen LogP contribution < -0.4 is 10.0 Å². The first-order valence-corrected chi connectivity index (χ1v) is 8.42. The number of carbonyl (C=O) groups is 1. The highest BCUT2D eigenvalue weighted by Gasteiger charge is 2.22. The Bertz CT molecular complexity index is 616. The minimum Gasteiger partial charge on any atom is -0.478 e. The lowest BCUT2D eigenvalue weighted by molar-refractivity contribution is 0.0696. The largest absolute Gasteiger partial charge is 0.478 e. The van der Waals surface area contributed by atoms with Gasteiger partial charge in [-0.15, -0.1) is 0 Å². The van der Waals surface area contributed by atoms with Crippen LogP contribution in [-0.2, 0) is 14.8 Å². The predicted molar refractivity (Wildman–Crippen MR) is 83.8 cm³/mol. The standard InChI is InChI=1S/C14H22N2O5S/c1-4-10(2)16-22(19,20)13-9-11(14(17)18)5-6-12(13)15-7-8-21-3/h5-6,9-10,15-16H,4,7-8H2,1-3H3,(H,17,18). The molecule has 22 heavy (non-hydrogen) atoms. The highest BCUT2D eigenvalue weighted by atomic mass is 32.2. The van der Waals surface area contributed by atoms with Gasteiger partial charge in [0, 0.05) is 19.7 Å². The van der Waals surface area contributed by atoms with E-state index in [4.69, 9.17) is 9.84 Å². The number of carboxylic acids is 1. The summed E-state index contributed by atoms with van der Waals surface area (Å²) < 4.78 is 32.3. The zero-order chi connectivity index (χ0) is 16.8. The van der Waals surface area contributed by atoms with Crippen molar-refractivity contribution in [2.75, 3.05) is 25.6 Å². The topological polar surface area (TPSA) is 105 Å². The number of carboxylic acid groups (broad SMARTS) is 1. The quantitative estimate of drug-likeness (QED) is 0.593. The number of sulfonamides is 1. The van der Waals surface area contributed by atoms with Crippen LogP contribution in [0, 0.1) is 0 Å². The first-order valence-electron chi connectivity index (χ1n) is 6.94. The molecule has 124 valence electrons. The van der Waals surface area contributed by atoms with Gasteiger partial charge in [0.05, 0.1) is 17.9 Å². The van der Waals surface area contributed by atoms with Crippen molar-refractivity contribution >= 4 is 21.7 Å². The molecule has 3 N–H and O–H groups in total. The molecule has 1 unspecified atom stereocenters. The molecule has 0 radical (unpaired) electrons. The van der Waals surface area contributed by atoms with Crippen molar-refractivity contribution in [3.63, 3.8) is 0 Å². The van der Waals surface area contributed by atoms with E-state index in [1.165, 1.54) is 19.2 Å². The molecule has 0 heterocycles. The molecule has 1 aromatic rings. The van der Waals surface area contributed by atoms with Crippen molar-refractivity contribution in [3.8, 4) is 0 Å². The maximum Gasteiger partial charge on any atom is 0.335 e. The van der Waals surface area contributed by atoms with Gasteiger partial charge in [-0.05, 0) is 31.5 Å². The van der Waals surface area contributed by atoms with Crippen LogP contribution in [0.25, 0.3) is 0 Å². The van der Waals surface area contributed by atoms with Crippen molar-refractivity contribution in [2.24, 2.45) is 0 Å². The molecular formula is C14H22N2O5S. The van der Waals surface area contributed by atoms with E-state index in [1.54, 1.807) is 6.92 Å². The molecule has 0 aliphatic carbocycles. The fourth-order valence-corrected chi connectivity index (χ4v) is 3.26. The lowest BCUT2D eigenvalue weighted by Gasteiger charge is -2.16. The number of nitrogens with one attached hydrogen (secondary N) is 2. The van der Waals surface area contributed by atoms with Crippen LogP contribution in [0.1, 0.15) is 30.6 Å². The second-order valence-electron chi connectivity index (χ2n) is 4.87. The normalized spacial score (nSPS) is 12.9. The van der Waals surface area contributed by atoms with Gasteiger partial charge < -0.3 is 15.2 Å². The number of anilines is 1. The van der Waals surface area contributed by atoms with Gasteiger partial charge in [0.15, 0.2) is 0 Å². The Morgan fingerprint density at radius 2 is 2.09 bits per heavy atom. The van der Waals surface area contributed by atoms with Crippen molar-refractivity contribution in [2.45, 2.75) is 31.2 Å². The number of hydrogen-bond donors (Lipinski definition) is 3. The highest BCUT2D eigenvalue weighted by Crippen LogP contribution is 2.23. The van der Waals surface area contributed by atoms with Crippen LogP contribution in [0.3, 0.4) is 0 Å². The Morgan fingerprint density at radius 1 is 1.41 bits per heavy atom. The summed E-state index contributed by atoms with van der Waals surface area (Å²) in [5, 5.41) is 12.0. The van der Waals surface area contributed by atoms with Crippen LogP contribution in [0.5, 0.6) is 0 Å². The first kappa shape index (κ1) is 18.4. The van der Waals surface area contributed by atoms with E-state index in [9.17, 15) is 13.2 Å². The Hall–Kier alpha value is -1.64. The SMILES string of the molecule is CCC(C)NS(=O)(=O)c1cc(C(=O)O)ccc1NCCOC. The summed E-state index contributed by atoms with van der Waals surface area (Å²) in [5.41, 5.74) is 0.264. The molecule has 1 atom stereocenters. The molecule has 7 nitrogen and oxygen atoms in total. The van der Waals surface area contributed by atoms with E-state index >= 15 is 0 Å². The fourth-order valence-electron chi connectivity index (χ4n) is 1.72. The van der Waals surface area contributed by atoms with Crippen LogP contribution in [0.2, 0.25) is 0 Å². The number of methoxy groups -OCH3 is 1. The number of rotatable bonds is 9. The summed E-state index contributed by atoms with van der Waals surface area (Å²) in [6, 6.07) is 3.72. The van der Waals surface area contributed by atoms with E-state index in [2.05, 4.69) is 10.0 Å². The van der Waals surface area contributed by atoms with Crippen molar-refractivity contribution in [1.82, 2.24) is 4.72 Å². The van der Waals surface area contributed by atoms with E-state index in [1.807, 2.05) is 6.92 Å². The average Bonchev–Trinajstić information content (AvgIpc) is 2.46. The number of hydrogen-bond acceptors (Lipinski definition) is 5. The molecule has 0 saturated carbocycles. The van der Waals surface area contributed by atoms with Crippen LogP contribution in [0.15, 0.2) is 23.1 Å². The zero-order valence-corrected chi connectivity index (χ0v) is 13.7. The summed E-state index contributed by atoms with van der Waals surface area (Å²) in [6.07, 6.45) is 0.629. The molecule has 0 amide bonds. The Morgan fingerprint density at radius 3 is 2.64 bits per heavy atom. The molecule has 0 aromatic heterocycles. The zero-order valence-electron chi connectivity index (χ0n) is 12.9. The van der Waals surface area contributed by atoms with E-state index < -0.39 is 16.0 Å². The second-order valence-corrected chi connectivity index (χ2v) is 6.55. The van der Waals surface area contributed by atoms with Gasteiger partial charge in [-0.3, -0.25) is 0 Å². The molecule has 8 heteroatoms. The van der Waals surface area contributed by atoms with Gasteiger partial charge >= 0.3 is 5.97 Å². The molecule has 0 bridgehead atoms. The molecule has 0 spiro atoms. The third-order valence-electron chi connectivity index (χ3n) is 3.11. The lowest BCUT2D eigenvalue weighted by Crippen LogP contribution is -2.32. The highest BCUT2D eigenvalue weighted by molar-refractivity contribution is 7.89. The fraction of sp³-hybridized carbons (Fsp3) is 0.500. The first-order chi connectivity index (χ1) is 10.3. The Kier molecular flexibility index (Phi) is 6.79. The molecule has 1 aromatic carbocycles. The monoisotopic (exact) mass is 330 g/mol. The van der Waals surface area contributed by atoms with Crippen molar-refractivity contribution in [3.05, 3.63) is 23.8 Å². The summed E-state index contributed by atoms with van der Waals surface area (Å²) in [6.45, 7) is 4.42. The van der Waals surface area contributed by atoms with Gasteiger partial charge in [-0.2, -0.15) is 0 Å². The molecule has 0 fully saturated rings. The minimum absolute atomic E-state index is 0.0798. The molecule has 0 saturated heterocycles. The van der Waals surface area contributed by atoms with Gasteiger partial charge in [-0.1, -0.05) is 6.92 Å². The van der Waals surface area contributed by atoms with Gasteiger partial charge in [0.25, 0.3) is 0 Å². The Labute approximate surface area is 130 Å². The molecule has 0 aliphatic rings. The average molecular weight is 330 g/mol. The summed E-state index contributed by atoms with van der Waals surface area (Å²) in [7, 11) is -2.27. The lowest BCUT2D eigenvalue weighted by atomic mass is 10.2. The third kappa shape index (κ3) is 4.97. The molecule has 1 rings (SSSR count). The third-order valence-corrected chi connectivity index (χ3v) is 4.74. The minimum atomic E-state index is -3.81. The van der Waals surface area contributed by atoms with Gasteiger partial charge in [0.1, 0.15) is 4.90 Å². The summed E-state index contributed by atoms with van der Waals surface area (Å²) in [4.78, 5) is 11.0. The summed E-state index contributed by atoms with van der Waals surface area (Å²) in [5.74, 6) is -1.18. The van der Waals surface area contributed by atoms with Gasteiger partial charge in [0.2, 0.25) is 10.0 Å². The van der Waals surface area contributed by atoms with E-state index in [-0.39, 0.29) is 16.5 Å². The van der Waals surface area contributed by atoms with E-state index in [0.29, 0.717) is 25.3 Å². The van der Waals surface area contributed by atoms with Gasteiger partial charge in [-0.25, -0.2) is 17.9 Å². The maximum absolute atomic E-state index is 12.5. The smallest absolute Gasteiger partial charge is 0.335 e. The Balaban J connectivity index is 3.21. The van der Waals surface area contributed by atoms with Crippen LogP contribution >= 0.6 is 0 Å².